The van der Waals surface area contributed by atoms with Crippen LogP contribution in [0.25, 0.3) is 21.2 Å². The van der Waals surface area contributed by atoms with Crippen molar-refractivity contribution in [1.29, 1.82) is 0 Å². The lowest BCUT2D eigenvalue weighted by Gasteiger charge is -2.34. The maximum absolute atomic E-state index is 14.6. The Labute approximate surface area is 233 Å². The van der Waals surface area contributed by atoms with Crippen molar-refractivity contribution in [2.24, 2.45) is 5.73 Å². The van der Waals surface area contributed by atoms with Crippen molar-refractivity contribution >= 4 is 44.8 Å². The summed E-state index contributed by atoms with van der Waals surface area (Å²) in [5.74, 6) is -1.72. The van der Waals surface area contributed by atoms with Crippen LogP contribution in [0.2, 0.25) is 5.02 Å². The molecule has 0 bridgehead atoms. The van der Waals surface area contributed by atoms with Gasteiger partial charge >= 0.3 is 0 Å². The predicted molar refractivity (Wildman–Crippen MR) is 148 cm³/mol. The van der Waals surface area contributed by atoms with Crippen LogP contribution in [-0.4, -0.2) is 34.8 Å². The van der Waals surface area contributed by atoms with Gasteiger partial charge in [0.05, 0.1) is 22.2 Å². The van der Waals surface area contributed by atoms with Gasteiger partial charge in [-0.05, 0) is 60.4 Å². The predicted octanol–water partition coefficient (Wildman–Crippen LogP) is 6.98. The standard InChI is InChI=1S/C29H26ClF2N3O3S/c1-38-23-10-7-16(17-11-12-34-22(14-17)28(33)36)13-18(23)15-35(19-5-3-2-4-6-19)29(37)27-25(30)24-20(31)8-9-21(32)26(24)39-27/h7-14,19H,2-6,15H2,1H3,(H2,33,36). The lowest BCUT2D eigenvalue weighted by atomic mass is 9.93. The number of amides is 2. The first-order valence-corrected chi connectivity index (χ1v) is 13.8. The molecular formula is C29H26ClF2N3O3S. The fourth-order valence-corrected chi connectivity index (χ4v) is 6.64. The van der Waals surface area contributed by atoms with Gasteiger partial charge in [-0.1, -0.05) is 36.9 Å². The molecule has 202 valence electrons. The monoisotopic (exact) mass is 569 g/mol. The van der Waals surface area contributed by atoms with Gasteiger partial charge in [-0.25, -0.2) is 8.78 Å². The number of nitrogens with two attached hydrogens (primary N) is 1. The van der Waals surface area contributed by atoms with Gasteiger partial charge in [0.2, 0.25) is 0 Å². The zero-order chi connectivity index (χ0) is 27.7. The summed E-state index contributed by atoms with van der Waals surface area (Å²) in [7, 11) is 1.55. The van der Waals surface area contributed by atoms with Gasteiger partial charge in [-0.15, -0.1) is 11.3 Å². The number of carbonyl (C=O) groups is 2. The molecular weight excluding hydrogens is 544 g/mol. The van der Waals surface area contributed by atoms with Gasteiger partial charge in [0.15, 0.2) is 0 Å². The van der Waals surface area contributed by atoms with E-state index in [0.717, 1.165) is 72.3 Å². The van der Waals surface area contributed by atoms with Crippen molar-refractivity contribution in [3.05, 3.63) is 81.5 Å². The number of hydrogen-bond acceptors (Lipinski definition) is 5. The molecule has 4 aromatic rings. The molecule has 39 heavy (non-hydrogen) atoms. The lowest BCUT2D eigenvalue weighted by molar-refractivity contribution is 0.0617. The van der Waals surface area contributed by atoms with E-state index < -0.39 is 17.5 Å². The van der Waals surface area contributed by atoms with Crippen LogP contribution in [-0.2, 0) is 6.54 Å². The van der Waals surface area contributed by atoms with Gasteiger partial charge in [-0.2, -0.15) is 0 Å². The Morgan fingerprint density at radius 3 is 2.49 bits per heavy atom. The lowest BCUT2D eigenvalue weighted by Crippen LogP contribution is -2.40. The average Bonchev–Trinajstić information content (AvgIpc) is 3.32. The van der Waals surface area contributed by atoms with Crippen LogP contribution in [0.1, 0.15) is 57.8 Å². The van der Waals surface area contributed by atoms with Crippen molar-refractivity contribution < 1.29 is 23.1 Å². The zero-order valence-corrected chi connectivity index (χ0v) is 22.7. The summed E-state index contributed by atoms with van der Waals surface area (Å²) in [5, 5.41) is -0.148. The first kappa shape index (κ1) is 27.0. The Morgan fingerprint density at radius 2 is 1.79 bits per heavy atom. The van der Waals surface area contributed by atoms with Crippen LogP contribution >= 0.6 is 22.9 Å². The number of thiophene rings is 1. The average molecular weight is 570 g/mol. The third-order valence-corrected chi connectivity index (χ3v) is 8.80. The van der Waals surface area contributed by atoms with Gasteiger partial charge in [0, 0.05) is 24.3 Å². The molecule has 5 rings (SSSR count). The Hall–Kier alpha value is -3.56. The molecule has 2 amide bonds. The second-order valence-corrected chi connectivity index (χ2v) is 10.9. The van der Waals surface area contributed by atoms with Gasteiger partial charge in [0.1, 0.15) is 28.0 Å². The number of rotatable bonds is 7. The van der Waals surface area contributed by atoms with E-state index in [1.54, 1.807) is 30.2 Å². The number of fused-ring (bicyclic) bond motifs is 1. The fraction of sp³-hybridized carbons (Fsp3) is 0.276. The summed E-state index contributed by atoms with van der Waals surface area (Å²) >= 11 is 7.38. The van der Waals surface area contributed by atoms with Crippen LogP contribution in [0.4, 0.5) is 8.78 Å². The summed E-state index contributed by atoms with van der Waals surface area (Å²) in [6.07, 6.45) is 6.17. The van der Waals surface area contributed by atoms with E-state index in [-0.39, 0.29) is 44.2 Å². The van der Waals surface area contributed by atoms with E-state index in [2.05, 4.69) is 4.98 Å². The topological polar surface area (TPSA) is 85.5 Å². The van der Waals surface area contributed by atoms with Crippen molar-refractivity contribution in [3.63, 3.8) is 0 Å². The van der Waals surface area contributed by atoms with Crippen LogP contribution in [0.5, 0.6) is 5.75 Å². The fourth-order valence-electron chi connectivity index (χ4n) is 5.14. The molecule has 0 aliphatic heterocycles. The molecule has 0 saturated heterocycles. The third kappa shape index (κ3) is 5.33. The highest BCUT2D eigenvalue weighted by Crippen LogP contribution is 2.40. The van der Waals surface area contributed by atoms with E-state index >= 15 is 0 Å². The van der Waals surface area contributed by atoms with Gasteiger partial charge in [-0.3, -0.25) is 14.6 Å². The molecule has 0 atom stereocenters. The number of carbonyl (C=O) groups excluding carboxylic acids is 2. The summed E-state index contributed by atoms with van der Waals surface area (Å²) in [4.78, 5) is 31.6. The minimum Gasteiger partial charge on any atom is -0.496 e. The van der Waals surface area contributed by atoms with Crippen molar-refractivity contribution in [2.75, 3.05) is 7.11 Å². The molecule has 0 radical (unpaired) electrons. The Kier molecular flexibility index (Phi) is 7.81. The van der Waals surface area contributed by atoms with Crippen LogP contribution in [0.3, 0.4) is 0 Å². The number of benzene rings is 2. The minimum atomic E-state index is -0.669. The summed E-state index contributed by atoms with van der Waals surface area (Å²) in [6, 6.07) is 10.9. The normalized spacial score (nSPS) is 13.9. The van der Waals surface area contributed by atoms with E-state index in [0.29, 0.717) is 5.75 Å². The number of pyridine rings is 1. The first-order chi connectivity index (χ1) is 18.8. The van der Waals surface area contributed by atoms with E-state index in [9.17, 15) is 18.4 Å². The summed E-state index contributed by atoms with van der Waals surface area (Å²) < 4.78 is 34.7. The molecule has 1 aliphatic rings. The van der Waals surface area contributed by atoms with Crippen molar-refractivity contribution in [3.8, 4) is 16.9 Å². The molecule has 6 nitrogen and oxygen atoms in total. The number of methoxy groups -OCH3 is 1. The number of halogens is 3. The number of ether oxygens (including phenoxy) is 1. The summed E-state index contributed by atoms with van der Waals surface area (Å²) in [5.41, 5.74) is 7.81. The van der Waals surface area contributed by atoms with Crippen molar-refractivity contribution in [1.82, 2.24) is 9.88 Å². The zero-order valence-electron chi connectivity index (χ0n) is 21.2. The Bertz CT molecular complexity index is 1570. The quantitative estimate of drug-likeness (QED) is 0.260. The second kappa shape index (κ2) is 11.3. The third-order valence-electron chi connectivity index (χ3n) is 7.12. The Morgan fingerprint density at radius 1 is 1.08 bits per heavy atom. The SMILES string of the molecule is COc1ccc(-c2ccnc(C(N)=O)c2)cc1CN(C(=O)c1sc2c(F)ccc(F)c2c1Cl)C1CCCCC1. The number of primary amides is 1. The molecule has 1 fully saturated rings. The van der Waals surface area contributed by atoms with Crippen LogP contribution in [0.15, 0.2) is 48.7 Å². The Balaban J connectivity index is 1.57. The molecule has 2 aromatic carbocycles. The highest BCUT2D eigenvalue weighted by molar-refractivity contribution is 7.21. The smallest absolute Gasteiger partial charge is 0.267 e. The van der Waals surface area contributed by atoms with Crippen LogP contribution in [0, 0.1) is 11.6 Å². The molecule has 2 heterocycles. The number of nitrogens with zero attached hydrogens (tertiary/aromatic N) is 2. The number of hydrogen-bond donors (Lipinski definition) is 1. The van der Waals surface area contributed by atoms with Gasteiger partial charge in [0.25, 0.3) is 11.8 Å². The summed E-state index contributed by atoms with van der Waals surface area (Å²) in [6.45, 7) is 0.198. The van der Waals surface area contributed by atoms with Crippen LogP contribution < -0.4 is 10.5 Å². The van der Waals surface area contributed by atoms with E-state index in [1.165, 1.54) is 6.20 Å². The largest absolute Gasteiger partial charge is 0.496 e. The number of aromatic nitrogens is 1. The molecule has 1 aliphatic carbocycles. The molecule has 2 N–H and O–H groups in total. The molecule has 2 aromatic heterocycles. The molecule has 0 unspecified atom stereocenters. The highest BCUT2D eigenvalue weighted by atomic mass is 35.5. The molecule has 10 heteroatoms. The maximum atomic E-state index is 14.6. The van der Waals surface area contributed by atoms with Gasteiger partial charge < -0.3 is 15.4 Å². The maximum Gasteiger partial charge on any atom is 0.267 e. The highest BCUT2D eigenvalue weighted by Gasteiger charge is 2.31. The van der Waals surface area contributed by atoms with E-state index in [4.69, 9.17) is 22.1 Å². The minimum absolute atomic E-state index is 0.0227. The molecule has 0 spiro atoms. The van der Waals surface area contributed by atoms with Crippen molar-refractivity contribution in [2.45, 2.75) is 44.7 Å². The molecule has 1 saturated carbocycles. The second-order valence-electron chi connectivity index (χ2n) is 9.52. The van der Waals surface area contributed by atoms with E-state index in [1.807, 2.05) is 12.1 Å². The first-order valence-electron chi connectivity index (χ1n) is 12.6.